The van der Waals surface area contributed by atoms with Crippen LogP contribution >= 0.6 is 24.5 Å². The van der Waals surface area contributed by atoms with Crippen molar-refractivity contribution < 1.29 is 13.6 Å². The van der Waals surface area contributed by atoms with E-state index in [0.29, 0.717) is 19.8 Å². The van der Waals surface area contributed by atoms with Crippen molar-refractivity contribution >= 4 is 24.5 Å². The van der Waals surface area contributed by atoms with Gasteiger partial charge in [-0.3, -0.25) is 0 Å². The van der Waals surface area contributed by atoms with Crippen molar-refractivity contribution in [2.75, 3.05) is 19.8 Å². The van der Waals surface area contributed by atoms with Crippen molar-refractivity contribution in [1.82, 2.24) is 0 Å². The average molecular weight is 321 g/mol. The van der Waals surface area contributed by atoms with Gasteiger partial charge in [-0.2, -0.15) is 0 Å². The first-order chi connectivity index (χ1) is 8.27. The summed E-state index contributed by atoms with van der Waals surface area (Å²) in [7, 11) is -1.18. The molecule has 0 radical (unpaired) electrons. The molecule has 0 aliphatic rings. The van der Waals surface area contributed by atoms with Gasteiger partial charge in [-0.05, 0) is 31.9 Å². The molecule has 0 aromatic heterocycles. The average Bonchev–Trinajstić information content (AvgIpc) is 2.32. The minimum absolute atomic E-state index is 0.605. The summed E-state index contributed by atoms with van der Waals surface area (Å²) in [5.74, 6) is 0. The Labute approximate surface area is 113 Å². The number of hydrogen-bond donors (Lipinski definition) is 0. The number of rotatable bonds is 8. The molecule has 3 nitrogen and oxygen atoms in total. The van der Waals surface area contributed by atoms with Crippen LogP contribution < -0.4 is 0 Å². The normalized spacial score (nSPS) is 11.1. The van der Waals surface area contributed by atoms with Crippen LogP contribution in [0.5, 0.6) is 0 Å². The van der Waals surface area contributed by atoms with Crippen molar-refractivity contribution in [3.63, 3.8) is 0 Å². The quantitative estimate of drug-likeness (QED) is 0.668. The molecule has 96 valence electrons. The molecule has 0 saturated carbocycles. The predicted octanol–water partition coefficient (Wildman–Crippen LogP) is 4.31. The van der Waals surface area contributed by atoms with Crippen molar-refractivity contribution in [2.24, 2.45) is 0 Å². The molecule has 0 saturated heterocycles. The van der Waals surface area contributed by atoms with Crippen molar-refractivity contribution in [3.05, 3.63) is 34.3 Å². The molecule has 0 bridgehead atoms. The van der Waals surface area contributed by atoms with Gasteiger partial charge >= 0.3 is 8.60 Å². The van der Waals surface area contributed by atoms with Crippen LogP contribution in [0.1, 0.15) is 19.4 Å². The van der Waals surface area contributed by atoms with Gasteiger partial charge in [0.15, 0.2) is 0 Å². The van der Waals surface area contributed by atoms with E-state index in [1.165, 1.54) is 5.56 Å². The predicted molar refractivity (Wildman–Crippen MR) is 74.0 cm³/mol. The topological polar surface area (TPSA) is 27.7 Å². The molecule has 0 aliphatic heterocycles. The zero-order chi connectivity index (χ0) is 12.5. The smallest absolute Gasteiger partial charge is 0.313 e. The summed E-state index contributed by atoms with van der Waals surface area (Å²) in [4.78, 5) is 0. The minimum atomic E-state index is -1.18. The molecule has 5 heteroatoms. The molecular weight excluding hydrogens is 303 g/mol. The van der Waals surface area contributed by atoms with Gasteiger partial charge in [0.2, 0.25) is 0 Å². The van der Waals surface area contributed by atoms with Crippen LogP contribution in [0, 0.1) is 0 Å². The van der Waals surface area contributed by atoms with E-state index in [1.54, 1.807) is 0 Å². The fraction of sp³-hybridized carbons (Fsp3) is 0.500. The lowest BCUT2D eigenvalue weighted by molar-refractivity contribution is 0.172. The van der Waals surface area contributed by atoms with Gasteiger partial charge in [0.05, 0.1) is 19.8 Å². The van der Waals surface area contributed by atoms with Crippen molar-refractivity contribution in [1.29, 1.82) is 0 Å². The maximum absolute atomic E-state index is 5.58. The van der Waals surface area contributed by atoms with Gasteiger partial charge in [0.25, 0.3) is 0 Å². The van der Waals surface area contributed by atoms with Gasteiger partial charge < -0.3 is 13.6 Å². The SMILES string of the molecule is CCOP(OCC)OCCc1ccccc1Br. The van der Waals surface area contributed by atoms with E-state index in [2.05, 4.69) is 22.0 Å². The van der Waals surface area contributed by atoms with Crippen LogP contribution in [-0.4, -0.2) is 19.8 Å². The first-order valence-corrected chi connectivity index (χ1v) is 7.59. The third-order valence-electron chi connectivity index (χ3n) is 1.99. The van der Waals surface area contributed by atoms with E-state index in [9.17, 15) is 0 Å². The molecule has 0 spiro atoms. The Morgan fingerprint density at radius 3 is 2.29 bits per heavy atom. The fourth-order valence-corrected chi connectivity index (χ4v) is 2.62. The van der Waals surface area contributed by atoms with Crippen LogP contribution in [0.4, 0.5) is 0 Å². The standard InChI is InChI=1S/C12H18BrO3P/c1-3-14-17(15-4-2)16-10-9-11-7-5-6-8-12(11)13/h5-8H,3-4,9-10H2,1-2H3. The highest BCUT2D eigenvalue weighted by molar-refractivity contribution is 9.10. The van der Waals surface area contributed by atoms with Gasteiger partial charge in [0, 0.05) is 4.47 Å². The molecule has 0 fully saturated rings. The highest BCUT2D eigenvalue weighted by Gasteiger charge is 2.10. The molecular formula is C12H18BrO3P. The summed E-state index contributed by atoms with van der Waals surface area (Å²) in [5.41, 5.74) is 1.23. The van der Waals surface area contributed by atoms with Gasteiger partial charge in [-0.1, -0.05) is 34.1 Å². The summed E-state index contributed by atoms with van der Waals surface area (Å²) in [6, 6.07) is 8.13. The van der Waals surface area contributed by atoms with E-state index in [0.717, 1.165) is 10.9 Å². The summed E-state index contributed by atoms with van der Waals surface area (Å²) in [6.45, 7) is 5.70. The van der Waals surface area contributed by atoms with Gasteiger partial charge in [-0.15, -0.1) is 0 Å². The van der Waals surface area contributed by atoms with E-state index >= 15 is 0 Å². The molecule has 0 unspecified atom stereocenters. The van der Waals surface area contributed by atoms with Crippen molar-refractivity contribution in [3.8, 4) is 0 Å². The summed E-state index contributed by atoms with van der Waals surface area (Å²) in [5, 5.41) is 0. The first-order valence-electron chi connectivity index (χ1n) is 5.70. The Kier molecular flexibility index (Phi) is 7.99. The molecule has 0 N–H and O–H groups in total. The van der Waals surface area contributed by atoms with E-state index in [1.807, 2.05) is 32.0 Å². The van der Waals surface area contributed by atoms with Crippen molar-refractivity contribution in [2.45, 2.75) is 20.3 Å². The third-order valence-corrected chi connectivity index (χ3v) is 4.10. The molecule has 1 aromatic rings. The fourth-order valence-electron chi connectivity index (χ4n) is 1.25. The summed E-state index contributed by atoms with van der Waals surface area (Å²) >= 11 is 3.51. The second-order valence-electron chi connectivity index (χ2n) is 3.23. The first kappa shape index (κ1) is 15.1. The Balaban J connectivity index is 2.33. The number of hydrogen-bond acceptors (Lipinski definition) is 3. The van der Waals surface area contributed by atoms with Crippen LogP contribution in [0.15, 0.2) is 28.7 Å². The Morgan fingerprint density at radius 2 is 1.71 bits per heavy atom. The number of halogens is 1. The van der Waals surface area contributed by atoms with E-state index < -0.39 is 8.60 Å². The lowest BCUT2D eigenvalue weighted by atomic mass is 10.2. The van der Waals surface area contributed by atoms with Crippen LogP contribution in [0.3, 0.4) is 0 Å². The number of benzene rings is 1. The molecule has 1 aromatic carbocycles. The second kappa shape index (κ2) is 9.01. The Bertz CT molecular complexity index is 316. The van der Waals surface area contributed by atoms with Crippen LogP contribution in [0.25, 0.3) is 0 Å². The molecule has 1 rings (SSSR count). The third kappa shape index (κ3) is 5.94. The minimum Gasteiger partial charge on any atom is -0.313 e. The maximum atomic E-state index is 5.58. The largest absolute Gasteiger partial charge is 0.332 e. The van der Waals surface area contributed by atoms with Gasteiger partial charge in [0.1, 0.15) is 0 Å². The highest BCUT2D eigenvalue weighted by atomic mass is 79.9. The van der Waals surface area contributed by atoms with E-state index in [4.69, 9.17) is 13.6 Å². The molecule has 17 heavy (non-hydrogen) atoms. The highest BCUT2D eigenvalue weighted by Crippen LogP contribution is 2.39. The Hall–Kier alpha value is 0.0100. The molecule has 0 amide bonds. The zero-order valence-electron chi connectivity index (χ0n) is 10.2. The Morgan fingerprint density at radius 1 is 1.06 bits per heavy atom. The second-order valence-corrected chi connectivity index (χ2v) is 5.31. The molecule has 0 heterocycles. The lowest BCUT2D eigenvalue weighted by Crippen LogP contribution is -2.00. The zero-order valence-corrected chi connectivity index (χ0v) is 12.7. The lowest BCUT2D eigenvalue weighted by Gasteiger charge is -2.14. The maximum Gasteiger partial charge on any atom is 0.332 e. The van der Waals surface area contributed by atoms with Crippen LogP contribution in [0.2, 0.25) is 0 Å². The summed E-state index contributed by atoms with van der Waals surface area (Å²) < 4.78 is 17.4. The molecule has 0 aliphatic carbocycles. The monoisotopic (exact) mass is 320 g/mol. The van der Waals surface area contributed by atoms with Crippen LogP contribution in [-0.2, 0) is 20.0 Å². The summed E-state index contributed by atoms with van der Waals surface area (Å²) in [6.07, 6.45) is 0.848. The van der Waals surface area contributed by atoms with E-state index in [-0.39, 0.29) is 0 Å². The molecule has 0 atom stereocenters. The van der Waals surface area contributed by atoms with Gasteiger partial charge in [-0.25, -0.2) is 0 Å².